The predicted octanol–water partition coefficient (Wildman–Crippen LogP) is 1.84. The van der Waals surface area contributed by atoms with Gasteiger partial charge in [0, 0.05) is 13.1 Å². The lowest BCUT2D eigenvalue weighted by molar-refractivity contribution is 0.801. The van der Waals surface area contributed by atoms with E-state index in [4.69, 9.17) is 5.73 Å². The number of hydrogen-bond donors (Lipinski definition) is 1. The zero-order valence-corrected chi connectivity index (χ0v) is 11.8. The minimum absolute atomic E-state index is 0. The molecular weight excluding hydrogens is 276 g/mol. The lowest BCUT2D eigenvalue weighted by Crippen LogP contribution is -2.28. The average molecular weight is 293 g/mol. The van der Waals surface area contributed by atoms with Gasteiger partial charge in [-0.3, -0.25) is 4.79 Å². The van der Waals surface area contributed by atoms with Gasteiger partial charge in [0.2, 0.25) is 0 Å². The Labute approximate surface area is 123 Å². The number of nitrogen functional groups attached to an aromatic ring is 1. The van der Waals surface area contributed by atoms with E-state index in [1.54, 1.807) is 6.20 Å². The van der Waals surface area contributed by atoms with Crippen molar-refractivity contribution in [3.05, 3.63) is 46.9 Å². The molecule has 1 aromatic carbocycles. The molecular formula is C14H17ClN4O. The molecule has 3 rings (SSSR count). The minimum atomic E-state index is -0.254. The molecule has 1 saturated heterocycles. The van der Waals surface area contributed by atoms with Crippen LogP contribution < -0.4 is 16.2 Å². The van der Waals surface area contributed by atoms with Gasteiger partial charge in [-0.2, -0.15) is 9.78 Å². The van der Waals surface area contributed by atoms with Crippen molar-refractivity contribution in [3.63, 3.8) is 0 Å². The lowest BCUT2D eigenvalue weighted by Gasteiger charge is -2.19. The van der Waals surface area contributed by atoms with E-state index in [0.29, 0.717) is 0 Å². The van der Waals surface area contributed by atoms with Crippen molar-refractivity contribution in [2.45, 2.75) is 12.8 Å². The fourth-order valence-corrected chi connectivity index (χ4v) is 2.42. The molecule has 2 N–H and O–H groups in total. The predicted molar refractivity (Wildman–Crippen MR) is 82.9 cm³/mol. The molecule has 1 aromatic heterocycles. The van der Waals surface area contributed by atoms with Crippen LogP contribution in [0.2, 0.25) is 0 Å². The number of hydrogen-bond acceptors (Lipinski definition) is 4. The van der Waals surface area contributed by atoms with Gasteiger partial charge >= 0.3 is 0 Å². The maximum atomic E-state index is 12.3. The van der Waals surface area contributed by atoms with Crippen molar-refractivity contribution in [1.29, 1.82) is 0 Å². The van der Waals surface area contributed by atoms with Crippen molar-refractivity contribution in [3.8, 4) is 5.69 Å². The Morgan fingerprint density at radius 2 is 1.75 bits per heavy atom. The lowest BCUT2D eigenvalue weighted by atomic mass is 10.3. The topological polar surface area (TPSA) is 64.2 Å². The largest absolute Gasteiger partial charge is 0.392 e. The van der Waals surface area contributed by atoms with E-state index in [0.717, 1.165) is 37.3 Å². The number of benzene rings is 1. The van der Waals surface area contributed by atoms with Crippen LogP contribution in [-0.2, 0) is 0 Å². The van der Waals surface area contributed by atoms with Crippen LogP contribution in [0.5, 0.6) is 0 Å². The molecule has 1 fully saturated rings. The monoisotopic (exact) mass is 292 g/mol. The second kappa shape index (κ2) is 5.96. The molecule has 0 aliphatic carbocycles. The molecule has 1 aliphatic heterocycles. The molecule has 0 amide bonds. The van der Waals surface area contributed by atoms with Crippen LogP contribution in [0.3, 0.4) is 0 Å². The molecule has 2 heterocycles. The number of para-hydroxylation sites is 1. The highest BCUT2D eigenvalue weighted by Gasteiger charge is 2.18. The van der Waals surface area contributed by atoms with Crippen LogP contribution in [0.1, 0.15) is 12.8 Å². The summed E-state index contributed by atoms with van der Waals surface area (Å²) in [6.45, 7) is 1.89. The van der Waals surface area contributed by atoms with Crippen LogP contribution in [0.15, 0.2) is 41.3 Å². The molecule has 1 aliphatic rings. The fraction of sp³-hybridized carbons (Fsp3) is 0.286. The quantitative estimate of drug-likeness (QED) is 0.917. The van der Waals surface area contributed by atoms with Gasteiger partial charge in [0.05, 0.1) is 17.6 Å². The van der Waals surface area contributed by atoms with Crippen molar-refractivity contribution in [2.75, 3.05) is 23.7 Å². The third-order valence-corrected chi connectivity index (χ3v) is 3.44. The first-order chi connectivity index (χ1) is 9.27. The molecule has 20 heavy (non-hydrogen) atoms. The molecule has 106 valence electrons. The smallest absolute Gasteiger partial charge is 0.296 e. The molecule has 5 nitrogen and oxygen atoms in total. The van der Waals surface area contributed by atoms with Crippen molar-refractivity contribution < 1.29 is 0 Å². The maximum absolute atomic E-state index is 12.3. The number of nitrogens with two attached hydrogens (primary N) is 1. The zero-order chi connectivity index (χ0) is 13.2. The number of rotatable bonds is 2. The highest BCUT2D eigenvalue weighted by Crippen LogP contribution is 2.23. The van der Waals surface area contributed by atoms with Gasteiger partial charge in [-0.25, -0.2) is 0 Å². The van der Waals surface area contributed by atoms with Gasteiger partial charge in [0.25, 0.3) is 5.56 Å². The molecule has 0 saturated carbocycles. The van der Waals surface area contributed by atoms with Gasteiger partial charge in [-0.15, -0.1) is 12.4 Å². The Hall–Kier alpha value is -2.01. The maximum Gasteiger partial charge on any atom is 0.296 e. The Bertz CT molecular complexity index is 635. The summed E-state index contributed by atoms with van der Waals surface area (Å²) in [6.07, 6.45) is 3.97. The van der Waals surface area contributed by atoms with E-state index in [-0.39, 0.29) is 23.7 Å². The summed E-state index contributed by atoms with van der Waals surface area (Å²) < 4.78 is 1.34. The normalized spacial score (nSPS) is 14.1. The van der Waals surface area contributed by atoms with Crippen LogP contribution in [0, 0.1) is 0 Å². The van der Waals surface area contributed by atoms with Gasteiger partial charge < -0.3 is 10.6 Å². The summed E-state index contributed by atoms with van der Waals surface area (Å²) in [4.78, 5) is 14.4. The molecule has 0 atom stereocenters. The summed E-state index contributed by atoms with van der Waals surface area (Å²) in [5.74, 6) is 0. The van der Waals surface area contributed by atoms with E-state index < -0.39 is 0 Å². The second-order valence-electron chi connectivity index (χ2n) is 4.69. The first kappa shape index (κ1) is 14.4. The Kier molecular flexibility index (Phi) is 4.29. The van der Waals surface area contributed by atoms with Crippen molar-refractivity contribution >= 4 is 23.8 Å². The first-order valence-electron chi connectivity index (χ1n) is 6.45. The van der Waals surface area contributed by atoms with Crippen molar-refractivity contribution in [2.24, 2.45) is 0 Å². The SMILES string of the molecule is Cl.Nc1c(N2CCCC2)cnn(-c2ccccc2)c1=O. The summed E-state index contributed by atoms with van der Waals surface area (Å²) in [5.41, 5.74) is 7.50. The van der Waals surface area contributed by atoms with E-state index in [2.05, 4.69) is 10.00 Å². The van der Waals surface area contributed by atoms with E-state index in [9.17, 15) is 4.79 Å². The zero-order valence-electron chi connectivity index (χ0n) is 11.0. The molecule has 0 unspecified atom stereocenters. The van der Waals surface area contributed by atoms with Crippen molar-refractivity contribution in [1.82, 2.24) is 9.78 Å². The Morgan fingerprint density at radius 3 is 2.40 bits per heavy atom. The molecule has 0 bridgehead atoms. The van der Waals surface area contributed by atoms with Crippen LogP contribution in [-0.4, -0.2) is 22.9 Å². The standard InChI is InChI=1S/C14H16N4O.ClH/c15-13-12(17-8-4-5-9-17)10-16-18(14(13)19)11-6-2-1-3-7-11;/h1-3,6-7,10H,4-5,8-9,15H2;1H. The van der Waals surface area contributed by atoms with Gasteiger partial charge in [-0.05, 0) is 25.0 Å². The molecule has 0 spiro atoms. The van der Waals surface area contributed by atoms with Crippen LogP contribution >= 0.6 is 12.4 Å². The summed E-state index contributed by atoms with van der Waals surface area (Å²) >= 11 is 0. The van der Waals surface area contributed by atoms with E-state index in [1.807, 2.05) is 30.3 Å². The minimum Gasteiger partial charge on any atom is -0.392 e. The van der Waals surface area contributed by atoms with E-state index in [1.165, 1.54) is 4.68 Å². The number of nitrogens with zero attached hydrogens (tertiary/aromatic N) is 3. The highest BCUT2D eigenvalue weighted by atomic mass is 35.5. The Balaban J connectivity index is 0.00000147. The first-order valence-corrected chi connectivity index (χ1v) is 6.45. The number of anilines is 2. The third-order valence-electron chi connectivity index (χ3n) is 3.44. The molecule has 6 heteroatoms. The summed E-state index contributed by atoms with van der Waals surface area (Å²) in [7, 11) is 0. The Morgan fingerprint density at radius 1 is 1.10 bits per heavy atom. The number of halogens is 1. The summed E-state index contributed by atoms with van der Waals surface area (Å²) in [6, 6.07) is 9.31. The van der Waals surface area contributed by atoms with Gasteiger partial charge in [0.15, 0.2) is 0 Å². The summed E-state index contributed by atoms with van der Waals surface area (Å²) in [5, 5.41) is 4.24. The van der Waals surface area contributed by atoms with Crippen LogP contribution in [0.4, 0.5) is 11.4 Å². The number of aromatic nitrogens is 2. The second-order valence-corrected chi connectivity index (χ2v) is 4.69. The molecule has 2 aromatic rings. The van der Waals surface area contributed by atoms with E-state index >= 15 is 0 Å². The average Bonchev–Trinajstić information content (AvgIpc) is 2.97. The fourth-order valence-electron chi connectivity index (χ4n) is 2.42. The van der Waals surface area contributed by atoms with Gasteiger partial charge in [-0.1, -0.05) is 18.2 Å². The molecule has 0 radical (unpaired) electrons. The highest BCUT2D eigenvalue weighted by molar-refractivity contribution is 5.85. The van der Waals surface area contributed by atoms with Crippen LogP contribution in [0.25, 0.3) is 5.69 Å². The third kappa shape index (κ3) is 2.49. The van der Waals surface area contributed by atoms with Gasteiger partial charge in [0.1, 0.15) is 5.69 Å².